The van der Waals surface area contributed by atoms with Crippen molar-refractivity contribution >= 4 is 29.5 Å². The van der Waals surface area contributed by atoms with E-state index in [2.05, 4.69) is 37.3 Å². The first-order chi connectivity index (χ1) is 20.3. The van der Waals surface area contributed by atoms with E-state index in [0.717, 1.165) is 29.1 Å². The lowest BCUT2D eigenvalue weighted by molar-refractivity contribution is -0.143. The summed E-state index contributed by atoms with van der Waals surface area (Å²) >= 11 is 0.785. The fourth-order valence-corrected chi connectivity index (χ4v) is 6.73. The molecule has 8 nitrogen and oxygen atoms in total. The minimum atomic E-state index is -4.60. The Labute approximate surface area is 244 Å². The number of aromatic nitrogens is 3. The topological polar surface area (TPSA) is 106 Å². The predicted molar refractivity (Wildman–Crippen MR) is 152 cm³/mol. The maximum absolute atomic E-state index is 13.4. The van der Waals surface area contributed by atoms with Gasteiger partial charge in [0.15, 0.2) is 11.5 Å². The molecule has 6 rings (SSSR count). The number of alkyl halides is 3. The molecule has 2 aromatic heterocycles. The van der Waals surface area contributed by atoms with Crippen molar-refractivity contribution in [2.75, 3.05) is 30.3 Å². The lowest BCUT2D eigenvalue weighted by atomic mass is 9.90. The van der Waals surface area contributed by atoms with Gasteiger partial charge >= 0.3 is 12.3 Å². The molecule has 216 valence electrons. The van der Waals surface area contributed by atoms with E-state index in [4.69, 9.17) is 10.5 Å². The van der Waals surface area contributed by atoms with E-state index < -0.39 is 18.0 Å². The van der Waals surface area contributed by atoms with E-state index in [-0.39, 0.29) is 39.6 Å². The van der Waals surface area contributed by atoms with Crippen LogP contribution in [0.25, 0.3) is 0 Å². The van der Waals surface area contributed by atoms with Crippen molar-refractivity contribution in [2.24, 2.45) is 11.8 Å². The smallest absolute Gasteiger partial charge is 0.434 e. The monoisotopic (exact) mass is 592 g/mol. The maximum Gasteiger partial charge on any atom is 0.434 e. The third-order valence-electron chi connectivity index (χ3n) is 7.90. The third-order valence-corrected chi connectivity index (χ3v) is 8.96. The van der Waals surface area contributed by atoms with Crippen LogP contribution in [0.4, 0.5) is 29.6 Å². The first-order valence-corrected chi connectivity index (χ1v) is 14.1. The number of hydrogen-bond acceptors (Lipinski definition) is 8. The van der Waals surface area contributed by atoms with Gasteiger partial charge in [-0.3, -0.25) is 4.98 Å². The van der Waals surface area contributed by atoms with Crippen LogP contribution in [0, 0.1) is 11.8 Å². The van der Waals surface area contributed by atoms with Crippen LogP contribution < -0.4 is 16.0 Å². The summed E-state index contributed by atoms with van der Waals surface area (Å²) in [6.45, 7) is 1.96. The van der Waals surface area contributed by atoms with E-state index >= 15 is 0 Å². The maximum atomic E-state index is 13.4. The number of piperidine rings is 1. The van der Waals surface area contributed by atoms with Gasteiger partial charge in [0.25, 0.3) is 0 Å². The van der Waals surface area contributed by atoms with Crippen LogP contribution >= 0.6 is 11.8 Å². The van der Waals surface area contributed by atoms with Crippen LogP contribution in [0.1, 0.15) is 16.8 Å². The number of hydrogen-bond donors (Lipinski definition) is 2. The number of nitrogens with one attached hydrogen (secondary N) is 1. The van der Waals surface area contributed by atoms with Gasteiger partial charge in [0, 0.05) is 36.1 Å². The molecule has 0 radical (unpaired) electrons. The molecular weight excluding hydrogens is 565 g/mol. The molecule has 2 unspecified atom stereocenters. The van der Waals surface area contributed by atoms with E-state index in [1.165, 1.54) is 18.3 Å². The first kappa shape index (κ1) is 27.8. The van der Waals surface area contributed by atoms with Crippen LogP contribution in [0.5, 0.6) is 0 Å². The average molecular weight is 593 g/mol. The largest absolute Gasteiger partial charge is 0.445 e. The van der Waals surface area contributed by atoms with Crippen molar-refractivity contribution in [3.05, 3.63) is 102 Å². The third kappa shape index (κ3) is 5.46. The number of ether oxygens (including phenoxy) is 1. The molecular formula is C30H27F3N6O2S. The summed E-state index contributed by atoms with van der Waals surface area (Å²) < 4.78 is 45.6. The minimum absolute atomic E-state index is 0.0483. The number of nitrogens with zero attached hydrogens (tertiary/aromatic N) is 4. The molecule has 12 heteroatoms. The Morgan fingerprint density at radius 2 is 1.71 bits per heavy atom. The van der Waals surface area contributed by atoms with Gasteiger partial charge in [-0.05, 0) is 35.1 Å². The Morgan fingerprint density at radius 1 is 1.02 bits per heavy atom. The number of amides is 1. The summed E-state index contributed by atoms with van der Waals surface area (Å²) in [5.74, 6) is 1.10. The van der Waals surface area contributed by atoms with Crippen LogP contribution in [0.3, 0.4) is 0 Å². The number of nitrogen functional groups attached to an aromatic ring is 1. The molecule has 3 heterocycles. The Kier molecular flexibility index (Phi) is 7.40. The van der Waals surface area contributed by atoms with Gasteiger partial charge in [0.2, 0.25) is 0 Å². The lowest BCUT2D eigenvalue weighted by Gasteiger charge is -2.28. The van der Waals surface area contributed by atoms with Crippen LogP contribution in [-0.4, -0.2) is 40.7 Å². The second-order valence-corrected chi connectivity index (χ2v) is 11.3. The lowest BCUT2D eigenvalue weighted by Crippen LogP contribution is -2.39. The van der Waals surface area contributed by atoms with Crippen molar-refractivity contribution in [2.45, 2.75) is 28.1 Å². The number of benzene rings is 2. The quantitative estimate of drug-likeness (QED) is 0.274. The highest BCUT2D eigenvalue weighted by molar-refractivity contribution is 7.99. The van der Waals surface area contributed by atoms with Gasteiger partial charge in [0.1, 0.15) is 17.5 Å². The fraction of sp³-hybridized carbons (Fsp3) is 0.267. The van der Waals surface area contributed by atoms with E-state index in [1.54, 1.807) is 0 Å². The molecule has 2 atom stereocenters. The van der Waals surface area contributed by atoms with Gasteiger partial charge in [-0.2, -0.15) is 13.2 Å². The molecule has 0 bridgehead atoms. The van der Waals surface area contributed by atoms with Crippen molar-refractivity contribution < 1.29 is 22.7 Å². The second kappa shape index (κ2) is 11.2. The molecule has 1 aliphatic heterocycles. The Morgan fingerprint density at radius 3 is 2.38 bits per heavy atom. The summed E-state index contributed by atoms with van der Waals surface area (Å²) in [6.07, 6.45) is -2.43. The molecule has 2 fully saturated rings. The second-order valence-electron chi connectivity index (χ2n) is 10.3. The summed E-state index contributed by atoms with van der Waals surface area (Å²) in [7, 11) is 0. The van der Waals surface area contributed by atoms with E-state index in [0.29, 0.717) is 25.5 Å². The minimum Gasteiger partial charge on any atom is -0.445 e. The number of nitrogens with two attached hydrogens (primary N) is 1. The first-order valence-electron chi connectivity index (χ1n) is 13.3. The van der Waals surface area contributed by atoms with Gasteiger partial charge in [-0.1, -0.05) is 72.4 Å². The van der Waals surface area contributed by atoms with Crippen LogP contribution in [0.2, 0.25) is 0 Å². The van der Waals surface area contributed by atoms with Crippen molar-refractivity contribution in [1.82, 2.24) is 20.3 Å². The number of carbonyl (C=O) groups excluding carboxylic acids is 1. The molecule has 1 aliphatic carbocycles. The number of anilines is 2. The number of halogens is 3. The highest BCUT2D eigenvalue weighted by Gasteiger charge is 2.68. The van der Waals surface area contributed by atoms with Gasteiger partial charge in [0.05, 0.1) is 6.20 Å². The highest BCUT2D eigenvalue weighted by atomic mass is 32.2. The van der Waals surface area contributed by atoms with Gasteiger partial charge < -0.3 is 20.7 Å². The molecule has 42 heavy (non-hydrogen) atoms. The molecule has 3 N–H and O–H groups in total. The summed E-state index contributed by atoms with van der Waals surface area (Å²) in [4.78, 5) is 26.8. The number of pyridine rings is 1. The normalized spacial score (nSPS) is 21.1. The average Bonchev–Trinajstić information content (AvgIpc) is 3.35. The number of alkyl carbamates (subject to hydrolysis) is 1. The molecule has 4 aromatic rings. The Bertz CT molecular complexity index is 1560. The van der Waals surface area contributed by atoms with E-state index in [1.807, 2.05) is 48.5 Å². The van der Waals surface area contributed by atoms with Crippen LogP contribution in [0.15, 0.2) is 95.1 Å². The number of carbonyl (C=O) groups is 1. The summed E-state index contributed by atoms with van der Waals surface area (Å²) in [5, 5.41) is 3.16. The molecule has 2 aliphatic rings. The molecule has 2 aromatic carbocycles. The van der Waals surface area contributed by atoms with Crippen molar-refractivity contribution in [3.8, 4) is 0 Å². The Balaban J connectivity index is 1.13. The predicted octanol–water partition coefficient (Wildman–Crippen LogP) is 5.55. The zero-order valence-corrected chi connectivity index (χ0v) is 23.1. The summed E-state index contributed by atoms with van der Waals surface area (Å²) in [6, 6.07) is 22.4. The van der Waals surface area contributed by atoms with Crippen LogP contribution in [-0.2, 0) is 22.9 Å². The van der Waals surface area contributed by atoms with E-state index in [9.17, 15) is 18.0 Å². The molecule has 1 saturated carbocycles. The van der Waals surface area contributed by atoms with Crippen molar-refractivity contribution in [1.29, 1.82) is 0 Å². The number of fused-ring (bicyclic) bond motifs is 1. The fourth-order valence-electron chi connectivity index (χ4n) is 5.86. The highest BCUT2D eigenvalue weighted by Crippen LogP contribution is 2.63. The molecule has 1 saturated heterocycles. The summed E-state index contributed by atoms with van der Waals surface area (Å²) in [5.41, 5.74) is 6.98. The zero-order valence-electron chi connectivity index (χ0n) is 22.3. The van der Waals surface area contributed by atoms with Gasteiger partial charge in [-0.25, -0.2) is 14.8 Å². The molecule has 0 spiro atoms. The van der Waals surface area contributed by atoms with Gasteiger partial charge in [-0.15, -0.1) is 0 Å². The SMILES string of the molecule is Nc1nc(N2CC3C(C2)C3(CNC(=O)OCc2ccccc2)c2ccccc2)cnc1Sc1cccnc1C(F)(F)F. The Hall–Kier alpha value is -4.32. The molecule has 1 amide bonds. The van der Waals surface area contributed by atoms with Crippen molar-refractivity contribution in [3.63, 3.8) is 0 Å². The zero-order chi connectivity index (χ0) is 29.3. The standard InChI is InChI=1S/C30H27F3N6O2S/c31-30(32,33)25-23(12-7-13-35-25)42-27-26(34)38-24(14-36-27)39-15-21-22(16-39)29(21,20-10-5-2-6-11-20)18-37-28(40)41-17-19-8-3-1-4-9-19/h1-14,21-22H,15-18H2,(H2,34,38)(H,37,40). The number of rotatable bonds is 8.